The Kier molecular flexibility index (Phi) is 3.56. The van der Waals surface area contributed by atoms with Gasteiger partial charge in [-0.1, -0.05) is 6.92 Å². The molecule has 0 bridgehead atoms. The second-order valence-corrected chi connectivity index (χ2v) is 4.84. The molecule has 2 heterocycles. The molecule has 0 aliphatic heterocycles. The van der Waals surface area contributed by atoms with Gasteiger partial charge in [-0.2, -0.15) is 5.10 Å². The zero-order chi connectivity index (χ0) is 13.4. The van der Waals surface area contributed by atoms with Crippen molar-refractivity contribution in [3.63, 3.8) is 0 Å². The van der Waals surface area contributed by atoms with Gasteiger partial charge >= 0.3 is 0 Å². The number of rotatable bonds is 4. The smallest absolute Gasteiger partial charge is 0.256 e. The molecule has 7 heteroatoms. The van der Waals surface area contributed by atoms with Gasteiger partial charge in [0.2, 0.25) is 0 Å². The summed E-state index contributed by atoms with van der Waals surface area (Å²) in [7, 11) is 1.73. The molecule has 0 amide bonds. The molecule has 100 valence electrons. The van der Waals surface area contributed by atoms with Crippen LogP contribution in [-0.4, -0.2) is 25.8 Å². The van der Waals surface area contributed by atoms with Crippen molar-refractivity contribution in [2.45, 2.75) is 38.6 Å². The van der Waals surface area contributed by atoms with E-state index in [1.54, 1.807) is 18.7 Å². The Morgan fingerprint density at radius 2 is 2.06 bits per heavy atom. The lowest BCUT2D eigenvalue weighted by atomic mass is 10.3. The van der Waals surface area contributed by atoms with Crippen molar-refractivity contribution >= 4 is 22.8 Å². The van der Waals surface area contributed by atoms with Crippen molar-refractivity contribution in [1.82, 2.24) is 19.3 Å². The van der Waals surface area contributed by atoms with Gasteiger partial charge in [0, 0.05) is 7.05 Å². The quantitative estimate of drug-likeness (QED) is 0.805. The van der Waals surface area contributed by atoms with Gasteiger partial charge in [0.15, 0.2) is 5.65 Å². The Hall–Kier alpha value is -1.17. The van der Waals surface area contributed by atoms with E-state index in [0.717, 1.165) is 5.69 Å². The summed E-state index contributed by atoms with van der Waals surface area (Å²) in [5.74, 6) is 0.467. The second-order valence-electron chi connectivity index (χ2n) is 4.18. The van der Waals surface area contributed by atoms with Crippen LogP contribution in [0.1, 0.15) is 30.7 Å². The number of halogens is 3. The van der Waals surface area contributed by atoms with Gasteiger partial charge in [-0.3, -0.25) is 4.68 Å². The van der Waals surface area contributed by atoms with E-state index in [9.17, 15) is 8.78 Å². The van der Waals surface area contributed by atoms with Gasteiger partial charge in [-0.25, -0.2) is 13.8 Å². The number of alkyl halides is 3. The van der Waals surface area contributed by atoms with Gasteiger partial charge < -0.3 is 4.57 Å². The number of nitrogens with zero attached hydrogens (tertiary/aromatic N) is 4. The standard InChI is InChI=1S/C11H15ClF2N4/c1-4-7-9-11(17(3)16-7)18(5-8(13)14)10(15-9)6(2)12/h6,8H,4-5H2,1-3H3. The van der Waals surface area contributed by atoms with Crippen LogP contribution in [0.4, 0.5) is 8.78 Å². The predicted molar refractivity (Wildman–Crippen MR) is 66.1 cm³/mol. The highest BCUT2D eigenvalue weighted by Crippen LogP contribution is 2.27. The fourth-order valence-electron chi connectivity index (χ4n) is 2.12. The van der Waals surface area contributed by atoms with E-state index < -0.39 is 18.3 Å². The summed E-state index contributed by atoms with van der Waals surface area (Å²) in [5.41, 5.74) is 2.08. The molecular formula is C11H15ClF2N4. The summed E-state index contributed by atoms with van der Waals surface area (Å²) in [6.45, 7) is 3.27. The third kappa shape index (κ3) is 2.09. The summed E-state index contributed by atoms with van der Waals surface area (Å²) < 4.78 is 28.4. The fourth-order valence-corrected chi connectivity index (χ4v) is 2.29. The normalized spacial score (nSPS) is 13.7. The Morgan fingerprint density at radius 1 is 1.39 bits per heavy atom. The van der Waals surface area contributed by atoms with Gasteiger partial charge in [-0.15, -0.1) is 11.6 Å². The molecule has 0 saturated heterocycles. The maximum Gasteiger partial charge on any atom is 0.256 e. The SMILES string of the molecule is CCc1nn(C)c2c1nc(C(C)Cl)n2CC(F)F. The van der Waals surface area contributed by atoms with E-state index in [-0.39, 0.29) is 0 Å². The van der Waals surface area contributed by atoms with Gasteiger partial charge in [0.25, 0.3) is 6.43 Å². The minimum atomic E-state index is -2.45. The van der Waals surface area contributed by atoms with E-state index in [0.29, 0.717) is 23.4 Å². The lowest BCUT2D eigenvalue weighted by Crippen LogP contribution is -2.13. The molecule has 1 unspecified atom stereocenters. The Balaban J connectivity index is 2.68. The molecule has 1 atom stereocenters. The largest absolute Gasteiger partial charge is 0.306 e. The highest BCUT2D eigenvalue weighted by molar-refractivity contribution is 6.20. The summed E-state index contributed by atoms with van der Waals surface area (Å²) in [4.78, 5) is 4.37. The van der Waals surface area contributed by atoms with Crippen molar-refractivity contribution in [3.8, 4) is 0 Å². The van der Waals surface area contributed by atoms with Crippen LogP contribution in [0, 0.1) is 0 Å². The van der Waals surface area contributed by atoms with Crippen LogP contribution in [0.5, 0.6) is 0 Å². The predicted octanol–water partition coefficient (Wildman–Crippen LogP) is 2.90. The lowest BCUT2D eigenvalue weighted by Gasteiger charge is -2.10. The molecular weight excluding hydrogens is 262 g/mol. The number of fused-ring (bicyclic) bond motifs is 1. The van der Waals surface area contributed by atoms with Crippen molar-refractivity contribution in [2.24, 2.45) is 7.05 Å². The summed E-state index contributed by atoms with van der Waals surface area (Å²) in [6.07, 6.45) is -1.74. The topological polar surface area (TPSA) is 35.6 Å². The van der Waals surface area contributed by atoms with Gasteiger partial charge in [0.05, 0.1) is 17.6 Å². The highest BCUT2D eigenvalue weighted by atomic mass is 35.5. The van der Waals surface area contributed by atoms with E-state index in [1.807, 2.05) is 6.92 Å². The molecule has 18 heavy (non-hydrogen) atoms. The van der Waals surface area contributed by atoms with Crippen LogP contribution < -0.4 is 0 Å². The molecule has 0 aromatic carbocycles. The fraction of sp³-hybridized carbons (Fsp3) is 0.636. The van der Waals surface area contributed by atoms with E-state index in [4.69, 9.17) is 11.6 Å². The number of aryl methyl sites for hydroxylation is 2. The van der Waals surface area contributed by atoms with E-state index in [1.165, 1.54) is 4.57 Å². The zero-order valence-electron chi connectivity index (χ0n) is 10.5. The van der Waals surface area contributed by atoms with Crippen LogP contribution >= 0.6 is 11.6 Å². The summed E-state index contributed by atoms with van der Waals surface area (Å²) >= 11 is 6.01. The molecule has 2 aromatic heterocycles. The first-order valence-corrected chi connectivity index (χ1v) is 6.23. The molecule has 4 nitrogen and oxygen atoms in total. The summed E-state index contributed by atoms with van der Waals surface area (Å²) in [5, 5.41) is 3.87. The van der Waals surface area contributed by atoms with Gasteiger partial charge in [-0.05, 0) is 13.3 Å². The summed E-state index contributed by atoms with van der Waals surface area (Å²) in [6, 6.07) is 0. The third-order valence-corrected chi connectivity index (χ3v) is 3.03. The number of hydrogen-bond acceptors (Lipinski definition) is 2. The first-order valence-electron chi connectivity index (χ1n) is 5.79. The molecule has 2 rings (SSSR count). The molecule has 0 aliphatic rings. The third-order valence-electron chi connectivity index (χ3n) is 2.83. The second kappa shape index (κ2) is 4.84. The van der Waals surface area contributed by atoms with Crippen LogP contribution in [0.15, 0.2) is 0 Å². The van der Waals surface area contributed by atoms with Crippen molar-refractivity contribution in [1.29, 1.82) is 0 Å². The molecule has 0 spiro atoms. The molecule has 2 aromatic rings. The maximum atomic E-state index is 12.7. The minimum absolute atomic E-state index is 0.411. The minimum Gasteiger partial charge on any atom is -0.306 e. The molecule has 0 saturated carbocycles. The Bertz CT molecular complexity index is 559. The van der Waals surface area contributed by atoms with Crippen molar-refractivity contribution < 1.29 is 8.78 Å². The molecule has 0 aliphatic carbocycles. The zero-order valence-corrected chi connectivity index (χ0v) is 11.2. The van der Waals surface area contributed by atoms with Gasteiger partial charge in [0.1, 0.15) is 11.3 Å². The van der Waals surface area contributed by atoms with Crippen LogP contribution in [0.3, 0.4) is 0 Å². The number of imidazole rings is 1. The van der Waals surface area contributed by atoms with Crippen LogP contribution in [0.2, 0.25) is 0 Å². The monoisotopic (exact) mass is 276 g/mol. The Morgan fingerprint density at radius 3 is 2.56 bits per heavy atom. The maximum absolute atomic E-state index is 12.7. The van der Waals surface area contributed by atoms with Crippen molar-refractivity contribution in [3.05, 3.63) is 11.5 Å². The van der Waals surface area contributed by atoms with Crippen LogP contribution in [0.25, 0.3) is 11.2 Å². The first kappa shape index (κ1) is 13.3. The van der Waals surface area contributed by atoms with E-state index in [2.05, 4.69) is 10.1 Å². The highest BCUT2D eigenvalue weighted by Gasteiger charge is 2.22. The van der Waals surface area contributed by atoms with E-state index >= 15 is 0 Å². The average molecular weight is 277 g/mol. The van der Waals surface area contributed by atoms with Crippen LogP contribution in [-0.2, 0) is 20.0 Å². The van der Waals surface area contributed by atoms with Crippen molar-refractivity contribution in [2.75, 3.05) is 0 Å². The number of hydrogen-bond donors (Lipinski definition) is 0. The Labute approximate surface area is 109 Å². The molecule has 0 N–H and O–H groups in total. The molecule has 0 fully saturated rings. The average Bonchev–Trinajstić information content (AvgIpc) is 2.77. The number of aromatic nitrogens is 4. The lowest BCUT2D eigenvalue weighted by molar-refractivity contribution is 0.126. The first-order chi connectivity index (χ1) is 8.45. The molecule has 0 radical (unpaired) electrons.